The third kappa shape index (κ3) is 5.67. The molecule has 0 fully saturated rings. The third-order valence-corrected chi connectivity index (χ3v) is 6.47. The number of ether oxygens (including phenoxy) is 1. The fourth-order valence-corrected chi connectivity index (χ4v) is 4.58. The van der Waals surface area contributed by atoms with Crippen LogP contribution in [0.15, 0.2) is 101 Å². The summed E-state index contributed by atoms with van der Waals surface area (Å²) in [6.45, 7) is 0.162. The van der Waals surface area contributed by atoms with Crippen molar-refractivity contribution in [3.63, 3.8) is 0 Å². The lowest BCUT2D eigenvalue weighted by molar-refractivity contribution is 0.0995. The standard InChI is InChI=1S/C25H20FNO5S/c26-20-7-4-6-18(14-20)16-32-22-9-5-8-21(15-22)27-25(28)24-19(12-13-31-24)17-33(29,30)23-10-2-1-3-11-23/h1-15H,16-17H2,(H,27,28). The van der Waals surface area contributed by atoms with Crippen molar-refractivity contribution in [3.05, 3.63) is 114 Å². The summed E-state index contributed by atoms with van der Waals surface area (Å²) in [7, 11) is -3.64. The molecule has 0 aliphatic rings. The maximum absolute atomic E-state index is 13.3. The average molecular weight is 466 g/mol. The van der Waals surface area contributed by atoms with E-state index in [-0.39, 0.29) is 34.4 Å². The summed E-state index contributed by atoms with van der Waals surface area (Å²) >= 11 is 0. The van der Waals surface area contributed by atoms with Crippen molar-refractivity contribution in [3.8, 4) is 5.75 Å². The maximum atomic E-state index is 13.3. The van der Waals surface area contributed by atoms with Crippen molar-refractivity contribution in [2.24, 2.45) is 0 Å². The molecule has 0 saturated heterocycles. The van der Waals surface area contributed by atoms with Gasteiger partial charge in [-0.2, -0.15) is 0 Å². The Morgan fingerprint density at radius 1 is 0.939 bits per heavy atom. The van der Waals surface area contributed by atoms with Crippen LogP contribution in [0.4, 0.5) is 10.1 Å². The van der Waals surface area contributed by atoms with Crippen molar-refractivity contribution >= 4 is 21.4 Å². The molecule has 1 aromatic heterocycles. The van der Waals surface area contributed by atoms with Gasteiger partial charge in [0.05, 0.1) is 16.9 Å². The minimum absolute atomic E-state index is 0.0828. The van der Waals surface area contributed by atoms with E-state index in [1.165, 1.54) is 36.6 Å². The molecule has 4 aromatic rings. The van der Waals surface area contributed by atoms with Gasteiger partial charge in [-0.05, 0) is 48.0 Å². The van der Waals surface area contributed by atoms with E-state index in [0.29, 0.717) is 17.0 Å². The van der Waals surface area contributed by atoms with E-state index < -0.39 is 15.7 Å². The fraction of sp³-hybridized carbons (Fsp3) is 0.0800. The van der Waals surface area contributed by atoms with Crippen LogP contribution in [0.25, 0.3) is 0 Å². The van der Waals surface area contributed by atoms with Gasteiger partial charge >= 0.3 is 0 Å². The summed E-state index contributed by atoms with van der Waals surface area (Å²) in [5.41, 5.74) is 1.36. The van der Waals surface area contributed by atoms with Gasteiger partial charge in [-0.3, -0.25) is 4.79 Å². The molecule has 33 heavy (non-hydrogen) atoms. The summed E-state index contributed by atoms with van der Waals surface area (Å²) in [5.74, 6) is -0.905. The first-order valence-electron chi connectivity index (χ1n) is 10.0. The van der Waals surface area contributed by atoms with Crippen molar-refractivity contribution in [1.29, 1.82) is 0 Å². The van der Waals surface area contributed by atoms with Crippen molar-refractivity contribution in [2.45, 2.75) is 17.3 Å². The Morgan fingerprint density at radius 2 is 1.73 bits per heavy atom. The van der Waals surface area contributed by atoms with Crippen molar-refractivity contribution in [2.75, 3.05) is 5.32 Å². The van der Waals surface area contributed by atoms with Gasteiger partial charge < -0.3 is 14.5 Å². The second kappa shape index (κ2) is 9.70. The molecule has 0 spiro atoms. The molecule has 0 radical (unpaired) electrons. The Balaban J connectivity index is 1.44. The summed E-state index contributed by atoms with van der Waals surface area (Å²) in [6.07, 6.45) is 1.28. The number of carbonyl (C=O) groups excluding carboxylic acids is 1. The van der Waals surface area contributed by atoms with Crippen LogP contribution in [0, 0.1) is 5.82 Å². The summed E-state index contributed by atoms with van der Waals surface area (Å²) < 4.78 is 49.6. The molecule has 0 bridgehead atoms. The van der Waals surface area contributed by atoms with E-state index in [9.17, 15) is 17.6 Å². The number of furan rings is 1. The highest BCUT2D eigenvalue weighted by atomic mass is 32.2. The first-order valence-corrected chi connectivity index (χ1v) is 11.7. The predicted molar refractivity (Wildman–Crippen MR) is 121 cm³/mol. The zero-order valence-corrected chi connectivity index (χ0v) is 18.2. The fourth-order valence-electron chi connectivity index (χ4n) is 3.21. The summed E-state index contributed by atoms with van der Waals surface area (Å²) in [5, 5.41) is 2.69. The molecule has 1 heterocycles. The monoisotopic (exact) mass is 465 g/mol. The number of halogens is 1. The molecule has 0 aliphatic carbocycles. The summed E-state index contributed by atoms with van der Waals surface area (Å²) in [4.78, 5) is 12.9. The Kier molecular flexibility index (Phi) is 6.55. The van der Waals surface area contributed by atoms with Crippen molar-refractivity contribution < 1.29 is 26.8 Å². The molecule has 3 aromatic carbocycles. The van der Waals surface area contributed by atoms with Crippen LogP contribution >= 0.6 is 0 Å². The van der Waals surface area contributed by atoms with E-state index in [0.717, 1.165) is 0 Å². The van der Waals surface area contributed by atoms with Gasteiger partial charge in [0.25, 0.3) is 5.91 Å². The third-order valence-electron chi connectivity index (χ3n) is 4.79. The lowest BCUT2D eigenvalue weighted by atomic mass is 10.2. The Hall–Kier alpha value is -3.91. The largest absolute Gasteiger partial charge is 0.489 e. The van der Waals surface area contributed by atoms with Crippen LogP contribution in [0.3, 0.4) is 0 Å². The van der Waals surface area contributed by atoms with Crippen molar-refractivity contribution in [1.82, 2.24) is 0 Å². The lowest BCUT2D eigenvalue weighted by Crippen LogP contribution is -2.14. The number of hydrogen-bond donors (Lipinski definition) is 1. The second-order valence-corrected chi connectivity index (χ2v) is 9.24. The number of amides is 1. The number of benzene rings is 3. The number of carbonyl (C=O) groups is 1. The van der Waals surface area contributed by atoms with Crippen LogP contribution in [0.1, 0.15) is 21.7 Å². The Bertz CT molecular complexity index is 1370. The Morgan fingerprint density at radius 3 is 2.52 bits per heavy atom. The lowest BCUT2D eigenvalue weighted by Gasteiger charge is -2.10. The zero-order valence-electron chi connectivity index (χ0n) is 17.4. The average Bonchev–Trinajstić information content (AvgIpc) is 3.26. The van der Waals surface area contributed by atoms with Gasteiger partial charge in [0.2, 0.25) is 0 Å². The number of sulfone groups is 1. The minimum atomic E-state index is -3.64. The quantitative estimate of drug-likeness (QED) is 0.385. The van der Waals surface area contributed by atoms with Gasteiger partial charge in [0.15, 0.2) is 15.6 Å². The van der Waals surface area contributed by atoms with Crippen LogP contribution in [-0.4, -0.2) is 14.3 Å². The zero-order chi connectivity index (χ0) is 23.3. The molecular weight excluding hydrogens is 445 g/mol. The first kappa shape index (κ1) is 22.3. The summed E-state index contributed by atoms with van der Waals surface area (Å²) in [6, 6.07) is 22.2. The van der Waals surface area contributed by atoms with Gasteiger partial charge in [-0.15, -0.1) is 0 Å². The van der Waals surface area contributed by atoms with Gasteiger partial charge in [0, 0.05) is 17.3 Å². The Labute approximate surface area is 190 Å². The highest BCUT2D eigenvalue weighted by Gasteiger charge is 2.22. The molecule has 1 N–H and O–H groups in total. The molecule has 6 nitrogen and oxygen atoms in total. The highest BCUT2D eigenvalue weighted by molar-refractivity contribution is 7.90. The van der Waals surface area contributed by atoms with Gasteiger partial charge in [-0.1, -0.05) is 36.4 Å². The topological polar surface area (TPSA) is 85.6 Å². The molecule has 0 aliphatic heterocycles. The molecule has 0 saturated carbocycles. The number of nitrogens with one attached hydrogen (secondary N) is 1. The van der Waals surface area contributed by atoms with E-state index in [1.54, 1.807) is 54.6 Å². The smallest absolute Gasteiger partial charge is 0.291 e. The van der Waals surface area contributed by atoms with Gasteiger partial charge in [0.1, 0.15) is 18.2 Å². The minimum Gasteiger partial charge on any atom is -0.489 e. The predicted octanol–water partition coefficient (Wildman–Crippen LogP) is 5.22. The molecule has 4 rings (SSSR count). The van der Waals surface area contributed by atoms with E-state index in [2.05, 4.69) is 5.32 Å². The number of hydrogen-bond acceptors (Lipinski definition) is 5. The van der Waals surface area contributed by atoms with Crippen LogP contribution < -0.4 is 10.1 Å². The van der Waals surface area contributed by atoms with Gasteiger partial charge in [-0.25, -0.2) is 12.8 Å². The van der Waals surface area contributed by atoms with E-state index >= 15 is 0 Å². The number of rotatable bonds is 8. The van der Waals surface area contributed by atoms with Crippen LogP contribution in [-0.2, 0) is 22.2 Å². The second-order valence-electron chi connectivity index (χ2n) is 7.25. The highest BCUT2D eigenvalue weighted by Crippen LogP contribution is 2.23. The molecule has 0 atom stereocenters. The van der Waals surface area contributed by atoms with E-state index in [4.69, 9.17) is 9.15 Å². The van der Waals surface area contributed by atoms with E-state index in [1.807, 2.05) is 0 Å². The normalized spacial score (nSPS) is 11.2. The molecule has 8 heteroatoms. The first-order chi connectivity index (χ1) is 15.9. The molecular formula is C25H20FNO5S. The molecule has 168 valence electrons. The van der Waals surface area contributed by atoms with Crippen LogP contribution in [0.2, 0.25) is 0 Å². The molecule has 0 unspecified atom stereocenters. The molecule has 1 amide bonds. The maximum Gasteiger partial charge on any atom is 0.291 e. The van der Waals surface area contributed by atoms with Crippen LogP contribution in [0.5, 0.6) is 5.75 Å². The SMILES string of the molecule is O=C(Nc1cccc(OCc2cccc(F)c2)c1)c1occc1CS(=O)(=O)c1ccccc1. The number of anilines is 1.